The molecule has 1 aromatic rings. The van der Waals surface area contributed by atoms with Crippen molar-refractivity contribution in [3.8, 4) is 11.5 Å². The second kappa shape index (κ2) is 9.79. The zero-order chi connectivity index (χ0) is 21.7. The van der Waals surface area contributed by atoms with Crippen LogP contribution >= 0.6 is 27.7 Å². The highest BCUT2D eigenvalue weighted by Crippen LogP contribution is 2.38. The van der Waals surface area contributed by atoms with Gasteiger partial charge in [-0.05, 0) is 42.5 Å². The van der Waals surface area contributed by atoms with Crippen LogP contribution < -0.4 is 9.47 Å². The predicted molar refractivity (Wildman–Crippen MR) is 107 cm³/mol. The molecule has 9 nitrogen and oxygen atoms in total. The SMILES string of the molecule is COC(=O)COc1cc(Br)c(/C=C2/SC(=O)N([C@@H](C)C(=O)OC)C2=O)cc1OC. The minimum Gasteiger partial charge on any atom is -0.493 e. The number of nitrogens with zero attached hydrogens (tertiary/aromatic N) is 1. The normalized spacial score (nSPS) is 16.0. The quantitative estimate of drug-likeness (QED) is 0.423. The highest BCUT2D eigenvalue weighted by Gasteiger charge is 2.41. The first-order valence-corrected chi connectivity index (χ1v) is 9.76. The van der Waals surface area contributed by atoms with Gasteiger partial charge in [0.15, 0.2) is 18.1 Å². The Morgan fingerprint density at radius 1 is 1.17 bits per heavy atom. The number of halogens is 1. The topological polar surface area (TPSA) is 108 Å². The van der Waals surface area contributed by atoms with Crippen LogP contribution in [0.5, 0.6) is 11.5 Å². The van der Waals surface area contributed by atoms with Gasteiger partial charge >= 0.3 is 11.9 Å². The van der Waals surface area contributed by atoms with Crippen molar-refractivity contribution in [1.82, 2.24) is 4.90 Å². The van der Waals surface area contributed by atoms with Crippen LogP contribution in [0, 0.1) is 0 Å². The maximum Gasteiger partial charge on any atom is 0.343 e. The van der Waals surface area contributed by atoms with Crippen molar-refractivity contribution >= 4 is 56.9 Å². The number of carbonyl (C=O) groups excluding carboxylic acids is 4. The summed E-state index contributed by atoms with van der Waals surface area (Å²) >= 11 is 4.08. The standard InChI is InChI=1S/C18H18BrNO8S/c1-9(17(23)27-4)20-16(22)14(29-18(20)24)6-10-5-12(25-2)13(7-11(10)19)28-8-15(21)26-3/h5-7,9H,8H2,1-4H3/b14-6+/t9-/m0/s1. The van der Waals surface area contributed by atoms with E-state index in [2.05, 4.69) is 25.4 Å². The fourth-order valence-corrected chi connectivity index (χ4v) is 3.70. The summed E-state index contributed by atoms with van der Waals surface area (Å²) in [5.41, 5.74) is 0.531. The van der Waals surface area contributed by atoms with E-state index in [9.17, 15) is 19.2 Å². The predicted octanol–water partition coefficient (Wildman–Crippen LogP) is 2.61. The summed E-state index contributed by atoms with van der Waals surface area (Å²) in [5.74, 6) is -1.25. The largest absolute Gasteiger partial charge is 0.493 e. The highest BCUT2D eigenvalue weighted by molar-refractivity contribution is 9.10. The van der Waals surface area contributed by atoms with Gasteiger partial charge in [-0.3, -0.25) is 14.5 Å². The number of hydrogen-bond donors (Lipinski definition) is 0. The molecule has 156 valence electrons. The van der Waals surface area contributed by atoms with Crippen LogP contribution in [0.1, 0.15) is 12.5 Å². The number of hydrogen-bond acceptors (Lipinski definition) is 9. The van der Waals surface area contributed by atoms with Crippen LogP contribution in [0.3, 0.4) is 0 Å². The summed E-state index contributed by atoms with van der Waals surface area (Å²) in [5, 5.41) is -0.569. The van der Waals surface area contributed by atoms with Gasteiger partial charge in [-0.15, -0.1) is 0 Å². The second-order valence-electron chi connectivity index (χ2n) is 5.64. The van der Waals surface area contributed by atoms with Gasteiger partial charge in [0.25, 0.3) is 11.1 Å². The monoisotopic (exact) mass is 487 g/mol. The molecule has 1 aromatic carbocycles. The molecule has 0 aromatic heterocycles. The molecule has 1 heterocycles. The Kier molecular flexibility index (Phi) is 7.68. The number of methoxy groups -OCH3 is 3. The molecule has 2 amide bonds. The van der Waals surface area contributed by atoms with Crippen molar-refractivity contribution < 1.29 is 38.1 Å². The molecule has 1 aliphatic heterocycles. The second-order valence-corrected chi connectivity index (χ2v) is 7.49. The minimum atomic E-state index is -1.04. The van der Waals surface area contributed by atoms with E-state index in [1.807, 2.05) is 0 Å². The van der Waals surface area contributed by atoms with Gasteiger partial charge in [0.05, 0.1) is 26.2 Å². The Hall–Kier alpha value is -2.53. The summed E-state index contributed by atoms with van der Waals surface area (Å²) in [4.78, 5) is 48.8. The van der Waals surface area contributed by atoms with Crippen molar-refractivity contribution in [3.05, 3.63) is 27.1 Å². The summed E-state index contributed by atoms with van der Waals surface area (Å²) in [6, 6.07) is 2.11. The van der Waals surface area contributed by atoms with Crippen LogP contribution in [-0.2, 0) is 23.9 Å². The van der Waals surface area contributed by atoms with E-state index in [-0.39, 0.29) is 17.3 Å². The minimum absolute atomic E-state index is 0.136. The smallest absolute Gasteiger partial charge is 0.343 e. The van der Waals surface area contributed by atoms with Gasteiger partial charge in [0.1, 0.15) is 6.04 Å². The number of esters is 2. The number of thioether (sulfide) groups is 1. The molecule has 0 saturated carbocycles. The lowest BCUT2D eigenvalue weighted by Crippen LogP contribution is -2.42. The highest BCUT2D eigenvalue weighted by atomic mass is 79.9. The molecule has 1 saturated heterocycles. The average Bonchev–Trinajstić information content (AvgIpc) is 2.99. The third kappa shape index (κ3) is 5.10. The summed E-state index contributed by atoms with van der Waals surface area (Å²) in [7, 11) is 3.85. The van der Waals surface area contributed by atoms with E-state index < -0.39 is 29.1 Å². The Labute approximate surface area is 179 Å². The first-order valence-electron chi connectivity index (χ1n) is 8.15. The number of imide groups is 1. The van der Waals surface area contributed by atoms with Gasteiger partial charge in [-0.1, -0.05) is 15.9 Å². The first kappa shape index (κ1) is 22.8. The fraction of sp³-hybridized carbons (Fsp3) is 0.333. The Morgan fingerprint density at radius 2 is 1.86 bits per heavy atom. The van der Waals surface area contributed by atoms with Gasteiger partial charge in [0.2, 0.25) is 0 Å². The van der Waals surface area contributed by atoms with Crippen molar-refractivity contribution in [3.63, 3.8) is 0 Å². The number of carbonyl (C=O) groups is 4. The maximum atomic E-state index is 12.6. The fourth-order valence-electron chi connectivity index (χ4n) is 2.36. The van der Waals surface area contributed by atoms with Crippen LogP contribution in [0.25, 0.3) is 6.08 Å². The number of ether oxygens (including phenoxy) is 4. The van der Waals surface area contributed by atoms with E-state index in [0.29, 0.717) is 27.5 Å². The van der Waals surface area contributed by atoms with Gasteiger partial charge in [0, 0.05) is 4.47 Å². The lowest BCUT2D eigenvalue weighted by molar-refractivity contribution is -0.148. The van der Waals surface area contributed by atoms with Crippen molar-refractivity contribution in [2.75, 3.05) is 27.9 Å². The molecule has 0 radical (unpaired) electrons. The van der Waals surface area contributed by atoms with Gasteiger partial charge in [-0.25, -0.2) is 9.59 Å². The zero-order valence-corrected chi connectivity index (χ0v) is 18.4. The molecule has 2 rings (SSSR count). The Bertz CT molecular complexity index is 885. The molecule has 29 heavy (non-hydrogen) atoms. The number of amides is 2. The van der Waals surface area contributed by atoms with Crippen molar-refractivity contribution in [1.29, 1.82) is 0 Å². The first-order chi connectivity index (χ1) is 13.7. The molecule has 0 aliphatic carbocycles. The van der Waals surface area contributed by atoms with Crippen LogP contribution in [-0.4, -0.2) is 62.0 Å². The van der Waals surface area contributed by atoms with Crippen molar-refractivity contribution in [2.45, 2.75) is 13.0 Å². The summed E-state index contributed by atoms with van der Waals surface area (Å²) < 4.78 is 20.3. The lowest BCUT2D eigenvalue weighted by Gasteiger charge is -2.18. The van der Waals surface area contributed by atoms with Crippen LogP contribution in [0.4, 0.5) is 4.79 Å². The molecule has 1 fully saturated rings. The molecule has 11 heteroatoms. The molecule has 0 N–H and O–H groups in total. The average molecular weight is 488 g/mol. The third-order valence-electron chi connectivity index (χ3n) is 3.90. The third-order valence-corrected chi connectivity index (χ3v) is 5.47. The van der Waals surface area contributed by atoms with E-state index in [4.69, 9.17) is 9.47 Å². The maximum absolute atomic E-state index is 12.6. The summed E-state index contributed by atoms with van der Waals surface area (Å²) in [6.07, 6.45) is 1.49. The summed E-state index contributed by atoms with van der Waals surface area (Å²) in [6.45, 7) is 1.11. The van der Waals surface area contributed by atoms with Gasteiger partial charge in [-0.2, -0.15) is 0 Å². The molecule has 0 spiro atoms. The molecule has 0 unspecified atom stereocenters. The Morgan fingerprint density at radius 3 is 2.45 bits per heavy atom. The van der Waals surface area contributed by atoms with E-state index >= 15 is 0 Å². The van der Waals surface area contributed by atoms with E-state index in [1.54, 1.807) is 12.1 Å². The number of rotatable bonds is 7. The van der Waals surface area contributed by atoms with Crippen molar-refractivity contribution in [2.24, 2.45) is 0 Å². The molecule has 1 atom stereocenters. The van der Waals surface area contributed by atoms with Crippen LogP contribution in [0.15, 0.2) is 21.5 Å². The van der Waals surface area contributed by atoms with Crippen LogP contribution in [0.2, 0.25) is 0 Å². The number of benzene rings is 1. The molecule has 0 bridgehead atoms. The Balaban J connectivity index is 2.32. The molecule has 1 aliphatic rings. The lowest BCUT2D eigenvalue weighted by atomic mass is 10.1. The zero-order valence-electron chi connectivity index (χ0n) is 16.0. The van der Waals surface area contributed by atoms with Gasteiger partial charge < -0.3 is 18.9 Å². The van der Waals surface area contributed by atoms with E-state index in [0.717, 1.165) is 4.90 Å². The molecular formula is C18H18BrNO8S. The molecular weight excluding hydrogens is 470 g/mol. The van der Waals surface area contributed by atoms with E-state index in [1.165, 1.54) is 34.3 Å².